The van der Waals surface area contributed by atoms with Gasteiger partial charge in [0.2, 0.25) is 5.91 Å². The second-order valence-electron chi connectivity index (χ2n) is 8.62. The molecule has 1 rings (SSSR count). The number of benzene rings is 1. The summed E-state index contributed by atoms with van der Waals surface area (Å²) in [5.41, 5.74) is 0.215. The molecule has 1 aromatic carbocycles. The van der Waals surface area contributed by atoms with E-state index >= 15 is 0 Å². The van der Waals surface area contributed by atoms with E-state index in [1.807, 2.05) is 21.1 Å². The molecule has 1 atom stereocenters. The van der Waals surface area contributed by atoms with Crippen molar-refractivity contribution in [1.82, 2.24) is 5.32 Å². The van der Waals surface area contributed by atoms with E-state index in [0.29, 0.717) is 24.1 Å². The van der Waals surface area contributed by atoms with E-state index in [-0.39, 0.29) is 30.5 Å². The molecule has 6 nitrogen and oxygen atoms in total. The van der Waals surface area contributed by atoms with Gasteiger partial charge in [0.05, 0.1) is 46.8 Å². The number of carbonyl (C=O) groups excluding carboxylic acids is 1. The summed E-state index contributed by atoms with van der Waals surface area (Å²) in [6.07, 6.45) is 4.62. The van der Waals surface area contributed by atoms with E-state index in [1.54, 1.807) is 0 Å². The van der Waals surface area contributed by atoms with Gasteiger partial charge in [0.15, 0.2) is 11.6 Å². The van der Waals surface area contributed by atoms with Gasteiger partial charge in [-0.1, -0.05) is 31.4 Å². The summed E-state index contributed by atoms with van der Waals surface area (Å²) in [5.74, 6) is -2.76. The van der Waals surface area contributed by atoms with Crippen LogP contribution < -0.4 is 5.32 Å². The highest BCUT2D eigenvalue weighted by Gasteiger charge is 2.22. The molecule has 2 N–H and O–H groups in total. The Morgan fingerprint density at radius 1 is 1.10 bits per heavy atom. The molecule has 0 aliphatic heterocycles. The minimum Gasteiger partial charge on any atom is -0.481 e. The fourth-order valence-corrected chi connectivity index (χ4v) is 3.20. The number of halogens is 2. The number of amides is 1. The number of likely N-dealkylation sites (N-methyl/N-ethyl adjacent to an activating group) is 1. The lowest BCUT2D eigenvalue weighted by Crippen LogP contribution is -2.49. The van der Waals surface area contributed by atoms with Crippen LogP contribution in [0.2, 0.25) is 0 Å². The van der Waals surface area contributed by atoms with Crippen LogP contribution in [-0.4, -0.2) is 61.8 Å². The van der Waals surface area contributed by atoms with Crippen LogP contribution in [0, 0.1) is 11.6 Å². The number of carboxylic acid groups (broad SMARTS) is 1. The molecular formula is C22H35F2N2O4+. The molecule has 0 aliphatic rings. The third kappa shape index (κ3) is 11.8. The van der Waals surface area contributed by atoms with Crippen LogP contribution in [0.5, 0.6) is 0 Å². The Bertz CT molecular complexity index is 678. The Balaban J connectivity index is 2.11. The van der Waals surface area contributed by atoms with Crippen LogP contribution in [-0.2, 0) is 20.9 Å². The first kappa shape index (κ1) is 26.0. The molecular weight excluding hydrogens is 394 g/mol. The van der Waals surface area contributed by atoms with Gasteiger partial charge in [-0.25, -0.2) is 8.78 Å². The number of unbranched alkanes of at least 4 members (excludes halogenated alkanes) is 4. The predicted molar refractivity (Wildman–Crippen MR) is 111 cm³/mol. The molecule has 1 aromatic rings. The Kier molecular flexibility index (Phi) is 11.5. The van der Waals surface area contributed by atoms with E-state index in [0.717, 1.165) is 38.2 Å². The molecule has 0 saturated heterocycles. The number of ether oxygens (including phenoxy) is 1. The number of aliphatic carboxylic acids is 1. The van der Waals surface area contributed by atoms with Gasteiger partial charge >= 0.3 is 5.97 Å². The van der Waals surface area contributed by atoms with Crippen molar-refractivity contribution >= 4 is 11.9 Å². The topological polar surface area (TPSA) is 75.6 Å². The van der Waals surface area contributed by atoms with Gasteiger partial charge in [-0.3, -0.25) is 9.59 Å². The molecule has 0 radical (unpaired) electrons. The predicted octanol–water partition coefficient (Wildman–Crippen LogP) is 3.49. The van der Waals surface area contributed by atoms with Crippen molar-refractivity contribution in [3.05, 3.63) is 35.4 Å². The molecule has 8 heteroatoms. The zero-order valence-corrected chi connectivity index (χ0v) is 18.3. The summed E-state index contributed by atoms with van der Waals surface area (Å²) in [7, 11) is 5.87. The van der Waals surface area contributed by atoms with Crippen molar-refractivity contribution < 1.29 is 32.7 Å². The zero-order chi connectivity index (χ0) is 22.6. The Labute approximate surface area is 177 Å². The van der Waals surface area contributed by atoms with Crippen LogP contribution in [0.3, 0.4) is 0 Å². The molecule has 1 amide bonds. The number of nitrogens with zero attached hydrogens (tertiary/aromatic N) is 1. The van der Waals surface area contributed by atoms with E-state index in [1.165, 1.54) is 12.1 Å². The van der Waals surface area contributed by atoms with Crippen LogP contribution in [0.15, 0.2) is 18.2 Å². The normalized spacial score (nSPS) is 12.6. The number of quaternary nitrogens is 1. The number of hydrogen-bond donors (Lipinski definition) is 2. The second kappa shape index (κ2) is 13.3. The number of rotatable bonds is 15. The van der Waals surface area contributed by atoms with E-state index < -0.39 is 17.6 Å². The van der Waals surface area contributed by atoms with Crippen molar-refractivity contribution in [3.8, 4) is 0 Å². The average molecular weight is 430 g/mol. The lowest BCUT2D eigenvalue weighted by atomic mass is 10.1. The minimum atomic E-state index is -0.920. The summed E-state index contributed by atoms with van der Waals surface area (Å²) >= 11 is 0. The monoisotopic (exact) mass is 429 g/mol. The van der Waals surface area contributed by atoms with Crippen LogP contribution in [0.25, 0.3) is 0 Å². The van der Waals surface area contributed by atoms with Crippen molar-refractivity contribution in [2.24, 2.45) is 0 Å². The zero-order valence-electron chi connectivity index (χ0n) is 18.3. The van der Waals surface area contributed by atoms with E-state index in [4.69, 9.17) is 9.84 Å². The summed E-state index contributed by atoms with van der Waals surface area (Å²) < 4.78 is 32.6. The van der Waals surface area contributed by atoms with Gasteiger partial charge in [0.1, 0.15) is 0 Å². The van der Waals surface area contributed by atoms with Gasteiger partial charge in [-0.05, 0) is 18.9 Å². The van der Waals surface area contributed by atoms with Crippen molar-refractivity contribution in [1.29, 1.82) is 0 Å². The van der Waals surface area contributed by atoms with Crippen molar-refractivity contribution in [2.75, 3.05) is 34.3 Å². The highest BCUT2D eigenvalue weighted by molar-refractivity contribution is 5.77. The van der Waals surface area contributed by atoms with Crippen molar-refractivity contribution in [2.45, 2.75) is 57.6 Å². The maximum atomic E-state index is 13.5. The number of carboxylic acids is 1. The smallest absolute Gasteiger partial charge is 0.305 e. The highest BCUT2D eigenvalue weighted by Crippen LogP contribution is 2.13. The lowest BCUT2D eigenvalue weighted by molar-refractivity contribution is -0.871. The van der Waals surface area contributed by atoms with Crippen molar-refractivity contribution in [3.63, 3.8) is 0 Å². The number of nitrogens with one attached hydrogen (secondary N) is 1. The first-order valence-electron chi connectivity index (χ1n) is 10.4. The maximum Gasteiger partial charge on any atom is 0.305 e. The van der Waals surface area contributed by atoms with Crippen LogP contribution >= 0.6 is 0 Å². The van der Waals surface area contributed by atoms with Gasteiger partial charge < -0.3 is 19.6 Å². The van der Waals surface area contributed by atoms with E-state index in [2.05, 4.69) is 5.32 Å². The van der Waals surface area contributed by atoms with Crippen LogP contribution in [0.4, 0.5) is 8.78 Å². The Morgan fingerprint density at radius 2 is 1.77 bits per heavy atom. The highest BCUT2D eigenvalue weighted by atomic mass is 19.2. The fourth-order valence-electron chi connectivity index (χ4n) is 3.20. The fraction of sp³-hybridized carbons (Fsp3) is 0.636. The molecule has 170 valence electrons. The van der Waals surface area contributed by atoms with Gasteiger partial charge in [0.25, 0.3) is 0 Å². The molecule has 0 saturated carbocycles. The van der Waals surface area contributed by atoms with E-state index in [9.17, 15) is 18.4 Å². The standard InChI is InChI=1S/C22H34F2N2O4/c1-26(2,3)15-18(14-21(28)29)25-20(27)12-7-5-4-6-8-13-30-16-17-10-9-11-19(23)22(17)24/h9-11,18H,4-8,12-16H2,1-3H3,(H-,25,27,28,29)/p+1. The minimum absolute atomic E-state index is 0.0502. The maximum absolute atomic E-state index is 13.5. The molecule has 0 aliphatic carbocycles. The SMILES string of the molecule is C[N+](C)(C)CC(CC(=O)O)NC(=O)CCCCCCCOCc1cccc(F)c1F. The summed E-state index contributed by atoms with van der Waals surface area (Å²) in [4.78, 5) is 23.1. The molecule has 30 heavy (non-hydrogen) atoms. The molecule has 0 heterocycles. The molecule has 0 spiro atoms. The first-order valence-corrected chi connectivity index (χ1v) is 10.4. The molecule has 1 unspecified atom stereocenters. The van der Waals surface area contributed by atoms with Crippen LogP contribution in [0.1, 0.15) is 50.5 Å². The summed E-state index contributed by atoms with van der Waals surface area (Å²) in [6, 6.07) is 3.66. The average Bonchev–Trinajstić information content (AvgIpc) is 2.61. The molecule has 0 fully saturated rings. The lowest BCUT2D eigenvalue weighted by Gasteiger charge is -2.29. The summed E-state index contributed by atoms with van der Waals surface area (Å²) in [5, 5.41) is 11.9. The van der Waals surface area contributed by atoms with Gasteiger partial charge in [-0.15, -0.1) is 0 Å². The quantitative estimate of drug-likeness (QED) is 0.331. The third-order valence-corrected chi connectivity index (χ3v) is 4.54. The first-order chi connectivity index (χ1) is 14.1. The molecule has 0 bridgehead atoms. The largest absolute Gasteiger partial charge is 0.481 e. The van der Waals surface area contributed by atoms with Gasteiger partial charge in [-0.2, -0.15) is 0 Å². The Hall–Kier alpha value is -2.06. The number of carbonyl (C=O) groups is 2. The summed E-state index contributed by atoms with van der Waals surface area (Å²) in [6.45, 7) is 1.07. The third-order valence-electron chi connectivity index (χ3n) is 4.54. The van der Waals surface area contributed by atoms with Gasteiger partial charge in [0, 0.05) is 18.6 Å². The number of hydrogen-bond acceptors (Lipinski definition) is 3. The molecule has 0 aromatic heterocycles. The second-order valence-corrected chi connectivity index (χ2v) is 8.62. The Morgan fingerprint density at radius 3 is 2.43 bits per heavy atom.